The van der Waals surface area contributed by atoms with Crippen molar-refractivity contribution in [1.82, 2.24) is 14.8 Å². The van der Waals surface area contributed by atoms with E-state index < -0.39 is 0 Å². The Morgan fingerprint density at radius 2 is 1.68 bits per heavy atom. The Morgan fingerprint density at radius 3 is 2.52 bits per heavy atom. The second-order valence-electron chi connectivity index (χ2n) is 6.24. The monoisotopic (exact) mass is 331 g/mol. The highest BCUT2D eigenvalue weighted by Gasteiger charge is 2.21. The molecule has 126 valence electrons. The van der Waals surface area contributed by atoms with Gasteiger partial charge in [-0.25, -0.2) is 0 Å². The minimum absolute atomic E-state index is 0.829. The molecule has 0 N–H and O–H groups in total. The van der Waals surface area contributed by atoms with E-state index in [0.29, 0.717) is 0 Å². The lowest BCUT2D eigenvalue weighted by Gasteiger charge is -2.10. The Kier molecular flexibility index (Phi) is 4.34. The van der Waals surface area contributed by atoms with Crippen molar-refractivity contribution in [2.24, 2.45) is 0 Å². The Morgan fingerprint density at radius 1 is 0.920 bits per heavy atom. The third-order valence-electron chi connectivity index (χ3n) is 4.60. The van der Waals surface area contributed by atoms with Crippen molar-refractivity contribution in [2.45, 2.75) is 25.8 Å². The van der Waals surface area contributed by atoms with E-state index in [1.54, 1.807) is 7.11 Å². The van der Waals surface area contributed by atoms with Gasteiger partial charge in [-0.05, 0) is 48.6 Å². The normalized spacial score (nSPS) is 15.6. The smallest absolute Gasteiger partial charge is 0.167 e. The minimum Gasteiger partial charge on any atom is -0.496 e. The van der Waals surface area contributed by atoms with Crippen molar-refractivity contribution >= 4 is 11.6 Å². The summed E-state index contributed by atoms with van der Waals surface area (Å²) in [6, 6.07) is 18.4. The number of hydrogen-bond donors (Lipinski definition) is 0. The van der Waals surface area contributed by atoms with Gasteiger partial charge in [-0.2, -0.15) is 0 Å². The Hall–Kier alpha value is -2.88. The number of rotatable bonds is 3. The van der Waals surface area contributed by atoms with Crippen LogP contribution in [-0.4, -0.2) is 21.9 Å². The fourth-order valence-corrected chi connectivity index (χ4v) is 3.37. The van der Waals surface area contributed by atoms with E-state index in [9.17, 15) is 0 Å². The molecule has 0 saturated carbocycles. The number of nitrogens with zero attached hydrogens (tertiary/aromatic N) is 3. The quantitative estimate of drug-likeness (QED) is 0.700. The van der Waals surface area contributed by atoms with Crippen molar-refractivity contribution in [3.8, 4) is 17.1 Å². The van der Waals surface area contributed by atoms with Crippen molar-refractivity contribution in [2.75, 3.05) is 7.11 Å². The third kappa shape index (κ3) is 3.07. The summed E-state index contributed by atoms with van der Waals surface area (Å²) in [6.45, 7) is 0.932. The Balaban J connectivity index is 1.81. The molecular formula is C21H21N3O. The van der Waals surface area contributed by atoms with Gasteiger partial charge in [0, 0.05) is 6.54 Å². The van der Waals surface area contributed by atoms with Crippen LogP contribution < -0.4 is 4.74 Å². The van der Waals surface area contributed by atoms with Gasteiger partial charge < -0.3 is 9.30 Å². The SMILES string of the molecule is COc1ccccc1-c1nnc2n1CCCC/C2=C\c1ccccc1. The summed E-state index contributed by atoms with van der Waals surface area (Å²) >= 11 is 0. The van der Waals surface area contributed by atoms with Crippen molar-refractivity contribution < 1.29 is 4.74 Å². The standard InChI is InChI=1S/C21H21N3O/c1-25-19-13-6-5-12-18(19)21-23-22-20-17(11-7-8-14-24(20)21)15-16-9-3-2-4-10-16/h2-6,9-10,12-13,15H,7-8,11,14H2,1H3/b17-15+. The molecule has 2 aromatic carbocycles. The highest BCUT2D eigenvalue weighted by molar-refractivity contribution is 5.80. The number of para-hydroxylation sites is 1. The molecule has 0 saturated heterocycles. The van der Waals surface area contributed by atoms with Crippen LogP contribution in [0.4, 0.5) is 0 Å². The summed E-state index contributed by atoms with van der Waals surface area (Å²) in [7, 11) is 1.69. The fraction of sp³-hybridized carbons (Fsp3) is 0.238. The Labute approximate surface area is 147 Å². The summed E-state index contributed by atoms with van der Waals surface area (Å²) < 4.78 is 7.75. The van der Waals surface area contributed by atoms with Crippen molar-refractivity contribution in [3.63, 3.8) is 0 Å². The minimum atomic E-state index is 0.829. The van der Waals surface area contributed by atoms with E-state index in [2.05, 4.69) is 45.1 Å². The van der Waals surface area contributed by atoms with Crippen LogP contribution in [-0.2, 0) is 6.54 Å². The molecule has 0 atom stereocenters. The highest BCUT2D eigenvalue weighted by Crippen LogP contribution is 2.33. The van der Waals surface area contributed by atoms with Gasteiger partial charge in [-0.1, -0.05) is 42.5 Å². The molecule has 0 radical (unpaired) electrons. The summed E-state index contributed by atoms with van der Waals surface area (Å²) in [5, 5.41) is 9.04. The second kappa shape index (κ2) is 6.93. The zero-order valence-corrected chi connectivity index (χ0v) is 14.4. The lowest BCUT2D eigenvalue weighted by Crippen LogP contribution is -2.03. The van der Waals surface area contributed by atoms with E-state index in [1.165, 1.54) is 11.1 Å². The summed E-state index contributed by atoms with van der Waals surface area (Å²) in [4.78, 5) is 0. The average Bonchev–Trinajstić information content (AvgIpc) is 2.99. The van der Waals surface area contributed by atoms with Crippen LogP contribution in [0.5, 0.6) is 5.75 Å². The zero-order valence-electron chi connectivity index (χ0n) is 14.4. The van der Waals surface area contributed by atoms with Crippen LogP contribution in [0.2, 0.25) is 0 Å². The molecule has 4 rings (SSSR count). The molecule has 3 aromatic rings. The zero-order chi connectivity index (χ0) is 17.1. The first-order valence-electron chi connectivity index (χ1n) is 8.69. The molecule has 0 amide bonds. The van der Waals surface area contributed by atoms with Crippen LogP contribution in [0, 0.1) is 0 Å². The first kappa shape index (κ1) is 15.6. The molecule has 0 spiro atoms. The molecule has 0 bridgehead atoms. The van der Waals surface area contributed by atoms with E-state index in [4.69, 9.17) is 4.74 Å². The predicted molar refractivity (Wildman–Crippen MR) is 100 cm³/mol. The Bertz CT molecular complexity index is 897. The van der Waals surface area contributed by atoms with Crippen LogP contribution in [0.25, 0.3) is 23.0 Å². The van der Waals surface area contributed by atoms with E-state index >= 15 is 0 Å². The summed E-state index contributed by atoms with van der Waals surface area (Å²) in [6.07, 6.45) is 5.55. The molecule has 0 aliphatic carbocycles. The van der Waals surface area contributed by atoms with Crippen LogP contribution in [0.3, 0.4) is 0 Å². The number of benzene rings is 2. The first-order valence-corrected chi connectivity index (χ1v) is 8.69. The number of aromatic nitrogens is 3. The average molecular weight is 331 g/mol. The van der Waals surface area contributed by atoms with Crippen molar-refractivity contribution in [1.29, 1.82) is 0 Å². The van der Waals surface area contributed by atoms with E-state index in [1.807, 2.05) is 30.3 Å². The number of methoxy groups -OCH3 is 1. The molecule has 4 nitrogen and oxygen atoms in total. The van der Waals surface area contributed by atoms with Crippen LogP contribution in [0.1, 0.15) is 30.7 Å². The number of fused-ring (bicyclic) bond motifs is 1. The highest BCUT2D eigenvalue weighted by atomic mass is 16.5. The van der Waals surface area contributed by atoms with Gasteiger partial charge in [0.15, 0.2) is 11.6 Å². The van der Waals surface area contributed by atoms with Gasteiger partial charge >= 0.3 is 0 Å². The second-order valence-corrected chi connectivity index (χ2v) is 6.24. The molecular weight excluding hydrogens is 310 g/mol. The number of ether oxygens (including phenoxy) is 1. The maximum Gasteiger partial charge on any atom is 0.167 e. The van der Waals surface area contributed by atoms with Crippen molar-refractivity contribution in [3.05, 3.63) is 66.0 Å². The van der Waals surface area contributed by atoms with E-state index in [0.717, 1.165) is 48.8 Å². The largest absolute Gasteiger partial charge is 0.496 e. The molecule has 4 heteroatoms. The van der Waals surface area contributed by atoms with Gasteiger partial charge in [0.25, 0.3) is 0 Å². The topological polar surface area (TPSA) is 39.9 Å². The van der Waals surface area contributed by atoms with Gasteiger partial charge in [0.05, 0.1) is 12.7 Å². The fourth-order valence-electron chi connectivity index (χ4n) is 3.37. The lowest BCUT2D eigenvalue weighted by molar-refractivity contribution is 0.416. The van der Waals surface area contributed by atoms with Crippen LogP contribution in [0.15, 0.2) is 54.6 Å². The summed E-state index contributed by atoms with van der Waals surface area (Å²) in [5.41, 5.74) is 3.44. The van der Waals surface area contributed by atoms with Crippen LogP contribution >= 0.6 is 0 Å². The third-order valence-corrected chi connectivity index (χ3v) is 4.60. The molecule has 25 heavy (non-hydrogen) atoms. The van der Waals surface area contributed by atoms with Gasteiger partial charge in [0.1, 0.15) is 5.75 Å². The van der Waals surface area contributed by atoms with Gasteiger partial charge in [-0.3, -0.25) is 0 Å². The number of hydrogen-bond acceptors (Lipinski definition) is 3. The first-order chi connectivity index (χ1) is 12.4. The molecule has 2 heterocycles. The molecule has 1 aromatic heterocycles. The lowest BCUT2D eigenvalue weighted by atomic mass is 10.1. The maximum absolute atomic E-state index is 5.52. The number of allylic oxidation sites excluding steroid dienone is 1. The molecule has 1 aliphatic rings. The maximum atomic E-state index is 5.52. The van der Waals surface area contributed by atoms with E-state index in [-0.39, 0.29) is 0 Å². The predicted octanol–water partition coefficient (Wildman–Crippen LogP) is 4.68. The van der Waals surface area contributed by atoms with Gasteiger partial charge in [-0.15, -0.1) is 10.2 Å². The molecule has 0 fully saturated rings. The molecule has 1 aliphatic heterocycles. The molecule has 0 unspecified atom stereocenters. The van der Waals surface area contributed by atoms with Gasteiger partial charge in [0.2, 0.25) is 0 Å². The summed E-state index contributed by atoms with van der Waals surface area (Å²) in [5.74, 6) is 2.69.